The van der Waals surface area contributed by atoms with Crippen molar-refractivity contribution in [3.63, 3.8) is 0 Å². The zero-order valence-electron chi connectivity index (χ0n) is 21.3. The minimum absolute atomic E-state index is 0.249. The minimum Gasteiger partial charge on any atom is -0.421 e. The van der Waals surface area contributed by atoms with Crippen LogP contribution in [0, 0.1) is 29.5 Å². The molecule has 1 aromatic carbocycles. The first-order valence-corrected chi connectivity index (χ1v) is 13.0. The Morgan fingerprint density at radius 3 is 2.61 bits per heavy atom. The van der Waals surface area contributed by atoms with Crippen LogP contribution in [0.1, 0.15) is 33.1 Å². The summed E-state index contributed by atoms with van der Waals surface area (Å²) >= 11 is 0. The molecular weight excluding hydrogens is 455 g/mol. The van der Waals surface area contributed by atoms with Crippen molar-refractivity contribution in [1.29, 1.82) is 0 Å². The van der Waals surface area contributed by atoms with Gasteiger partial charge in [-0.05, 0) is 49.1 Å². The Morgan fingerprint density at radius 1 is 1.08 bits per heavy atom. The molecule has 2 aliphatic rings. The van der Waals surface area contributed by atoms with Gasteiger partial charge in [0, 0.05) is 51.5 Å². The number of nitrogens with zero attached hydrogens (tertiary/aromatic N) is 6. The Labute approximate surface area is 212 Å². The number of benzene rings is 1. The molecule has 7 nitrogen and oxygen atoms in total. The lowest BCUT2D eigenvalue weighted by molar-refractivity contribution is 0.155. The second-order valence-corrected chi connectivity index (χ2v) is 10.5. The number of hydrogen-bond acceptors (Lipinski definition) is 7. The standard InChI is InChI=1S/C28H35FN6O/c1-19(2)24-15-21(16-27-32-33-28(36-27)23-6-4-5-7-25(23)29)20(3)14-22(24)18-34-10-12-35(13-11-34)26-17-30-8-9-31-26/h4-9,14,17,19,21-22,24H,10-13,15-16,18H2,1-3H3. The van der Waals surface area contributed by atoms with E-state index in [-0.39, 0.29) is 11.7 Å². The molecule has 3 heterocycles. The molecule has 2 aromatic heterocycles. The van der Waals surface area contributed by atoms with Gasteiger partial charge in [-0.25, -0.2) is 9.37 Å². The van der Waals surface area contributed by atoms with Crippen LogP contribution in [-0.2, 0) is 6.42 Å². The molecule has 1 aliphatic heterocycles. The minimum atomic E-state index is -0.346. The van der Waals surface area contributed by atoms with Crippen molar-refractivity contribution in [3.05, 3.63) is 66.2 Å². The Hall–Kier alpha value is -3.13. The van der Waals surface area contributed by atoms with Gasteiger partial charge in [-0.1, -0.05) is 37.6 Å². The number of anilines is 1. The van der Waals surface area contributed by atoms with Crippen LogP contribution in [0.2, 0.25) is 0 Å². The molecule has 1 saturated heterocycles. The number of allylic oxidation sites excluding steroid dienone is 1. The second kappa shape index (κ2) is 10.9. The maximum Gasteiger partial charge on any atom is 0.250 e. The molecule has 3 aromatic rings. The number of aromatic nitrogens is 4. The summed E-state index contributed by atoms with van der Waals surface area (Å²) in [5, 5.41) is 8.36. The van der Waals surface area contributed by atoms with E-state index in [2.05, 4.69) is 56.8 Å². The molecule has 3 atom stereocenters. The third-order valence-electron chi connectivity index (χ3n) is 7.79. The summed E-state index contributed by atoms with van der Waals surface area (Å²) in [5.74, 6) is 3.50. The first-order chi connectivity index (χ1) is 17.5. The van der Waals surface area contributed by atoms with E-state index < -0.39 is 0 Å². The summed E-state index contributed by atoms with van der Waals surface area (Å²) < 4.78 is 20.0. The summed E-state index contributed by atoms with van der Waals surface area (Å²) in [6, 6.07) is 6.52. The van der Waals surface area contributed by atoms with E-state index in [0.29, 0.717) is 41.5 Å². The van der Waals surface area contributed by atoms with Crippen molar-refractivity contribution in [2.45, 2.75) is 33.6 Å². The monoisotopic (exact) mass is 490 g/mol. The van der Waals surface area contributed by atoms with Gasteiger partial charge in [-0.15, -0.1) is 10.2 Å². The van der Waals surface area contributed by atoms with Crippen molar-refractivity contribution in [1.82, 2.24) is 25.1 Å². The van der Waals surface area contributed by atoms with E-state index in [1.807, 2.05) is 6.20 Å². The molecule has 0 radical (unpaired) electrons. The molecule has 8 heteroatoms. The van der Waals surface area contributed by atoms with Crippen LogP contribution in [0.25, 0.3) is 11.5 Å². The van der Waals surface area contributed by atoms with Gasteiger partial charge in [-0.3, -0.25) is 9.88 Å². The average molecular weight is 491 g/mol. The van der Waals surface area contributed by atoms with Crippen LogP contribution in [-0.4, -0.2) is 57.8 Å². The van der Waals surface area contributed by atoms with Gasteiger partial charge >= 0.3 is 0 Å². The fraction of sp³-hybridized carbons (Fsp3) is 0.500. The molecule has 5 rings (SSSR count). The summed E-state index contributed by atoms with van der Waals surface area (Å²) in [7, 11) is 0. The summed E-state index contributed by atoms with van der Waals surface area (Å²) in [6.07, 6.45) is 9.61. The smallest absolute Gasteiger partial charge is 0.250 e. The van der Waals surface area contributed by atoms with E-state index in [1.54, 1.807) is 30.6 Å². The number of hydrogen-bond donors (Lipinski definition) is 0. The van der Waals surface area contributed by atoms with Crippen molar-refractivity contribution < 1.29 is 8.81 Å². The molecule has 0 spiro atoms. The number of piperazine rings is 1. The molecular formula is C28H35FN6O. The highest BCUT2D eigenvalue weighted by Gasteiger charge is 2.34. The van der Waals surface area contributed by atoms with Gasteiger partial charge in [0.15, 0.2) is 0 Å². The lowest BCUT2D eigenvalue weighted by atomic mass is 9.69. The molecule has 3 unspecified atom stereocenters. The van der Waals surface area contributed by atoms with Gasteiger partial charge in [0.2, 0.25) is 5.89 Å². The lowest BCUT2D eigenvalue weighted by Gasteiger charge is -2.41. The van der Waals surface area contributed by atoms with Gasteiger partial charge < -0.3 is 9.32 Å². The predicted molar refractivity (Wildman–Crippen MR) is 138 cm³/mol. The van der Waals surface area contributed by atoms with E-state index in [1.165, 1.54) is 11.6 Å². The van der Waals surface area contributed by atoms with Crippen LogP contribution in [0.4, 0.5) is 10.2 Å². The van der Waals surface area contributed by atoms with Crippen LogP contribution < -0.4 is 4.90 Å². The quantitative estimate of drug-likeness (QED) is 0.437. The van der Waals surface area contributed by atoms with Gasteiger partial charge in [-0.2, -0.15) is 0 Å². The first kappa shape index (κ1) is 24.6. The van der Waals surface area contributed by atoms with Crippen LogP contribution in [0.15, 0.2) is 58.9 Å². The highest BCUT2D eigenvalue weighted by molar-refractivity contribution is 5.53. The highest BCUT2D eigenvalue weighted by Crippen LogP contribution is 2.39. The SMILES string of the molecule is CC1=CC(CN2CCN(c3cnccn3)CC2)C(C(C)C)CC1Cc1nnc(-c2ccccc2F)o1. The molecule has 190 valence electrons. The van der Waals surface area contributed by atoms with Gasteiger partial charge in [0.25, 0.3) is 5.89 Å². The maximum absolute atomic E-state index is 14.1. The fourth-order valence-electron chi connectivity index (χ4n) is 5.69. The van der Waals surface area contributed by atoms with Crippen molar-refractivity contribution in [3.8, 4) is 11.5 Å². The molecule has 1 aliphatic carbocycles. The van der Waals surface area contributed by atoms with E-state index >= 15 is 0 Å². The second-order valence-electron chi connectivity index (χ2n) is 10.5. The highest BCUT2D eigenvalue weighted by atomic mass is 19.1. The Bertz CT molecular complexity index is 1170. The topological polar surface area (TPSA) is 71.2 Å². The lowest BCUT2D eigenvalue weighted by Crippen LogP contribution is -2.49. The molecule has 0 bridgehead atoms. The zero-order valence-corrected chi connectivity index (χ0v) is 21.3. The Kier molecular flexibility index (Phi) is 7.41. The molecule has 0 saturated carbocycles. The van der Waals surface area contributed by atoms with E-state index in [9.17, 15) is 4.39 Å². The number of halogens is 1. The molecule has 36 heavy (non-hydrogen) atoms. The van der Waals surface area contributed by atoms with Crippen molar-refractivity contribution in [2.24, 2.45) is 23.7 Å². The Morgan fingerprint density at radius 2 is 1.89 bits per heavy atom. The zero-order chi connectivity index (χ0) is 25.1. The molecule has 0 amide bonds. The van der Waals surface area contributed by atoms with Crippen LogP contribution in [0.5, 0.6) is 0 Å². The van der Waals surface area contributed by atoms with E-state index in [0.717, 1.165) is 45.0 Å². The van der Waals surface area contributed by atoms with Crippen LogP contribution >= 0.6 is 0 Å². The summed E-state index contributed by atoms with van der Waals surface area (Å²) in [5.41, 5.74) is 1.74. The predicted octanol–water partition coefficient (Wildman–Crippen LogP) is 4.89. The average Bonchev–Trinajstić information content (AvgIpc) is 3.35. The van der Waals surface area contributed by atoms with Crippen LogP contribution in [0.3, 0.4) is 0 Å². The summed E-state index contributed by atoms with van der Waals surface area (Å²) in [4.78, 5) is 13.6. The Balaban J connectivity index is 1.23. The third kappa shape index (κ3) is 5.48. The van der Waals surface area contributed by atoms with Gasteiger partial charge in [0.1, 0.15) is 11.6 Å². The normalized spacial score (nSPS) is 23.2. The largest absolute Gasteiger partial charge is 0.421 e. The van der Waals surface area contributed by atoms with Crippen molar-refractivity contribution in [2.75, 3.05) is 37.6 Å². The van der Waals surface area contributed by atoms with Crippen molar-refractivity contribution >= 4 is 5.82 Å². The summed E-state index contributed by atoms with van der Waals surface area (Å²) in [6.45, 7) is 12.0. The number of rotatable bonds is 7. The van der Waals surface area contributed by atoms with Gasteiger partial charge in [0.05, 0.1) is 11.8 Å². The maximum atomic E-state index is 14.1. The third-order valence-corrected chi connectivity index (χ3v) is 7.79. The molecule has 1 fully saturated rings. The molecule has 0 N–H and O–H groups in total. The first-order valence-electron chi connectivity index (χ1n) is 13.0. The fourth-order valence-corrected chi connectivity index (χ4v) is 5.69. The van der Waals surface area contributed by atoms with E-state index in [4.69, 9.17) is 4.42 Å².